The molecule has 5 aromatic rings. The summed E-state index contributed by atoms with van der Waals surface area (Å²) in [6.45, 7) is 0.494. The number of para-hydroxylation sites is 1. The molecule has 0 aliphatic carbocycles. The minimum Gasteiger partial charge on any atom is -0.452 e. The molecule has 0 fully saturated rings. The minimum absolute atomic E-state index is 0. The van der Waals surface area contributed by atoms with E-state index in [-0.39, 0.29) is 23.0 Å². The quantitative estimate of drug-likeness (QED) is 0.195. The average molecular weight is 514 g/mol. The number of aromatic nitrogens is 4. The van der Waals surface area contributed by atoms with Crippen LogP contribution in [0.4, 0.5) is 17.3 Å². The number of oxazole rings is 1. The van der Waals surface area contributed by atoms with Crippen LogP contribution < -0.4 is 14.5 Å². The van der Waals surface area contributed by atoms with Crippen molar-refractivity contribution < 1.29 is 35.0 Å². The topological polar surface area (TPSA) is 76.3 Å². The van der Waals surface area contributed by atoms with Gasteiger partial charge in [0.05, 0.1) is 31.5 Å². The summed E-state index contributed by atoms with van der Waals surface area (Å²) in [4.78, 5) is 16.0. The molecule has 1 aliphatic heterocycles. The SMILES string of the molecule is C[N+]1=CC(c2cccc(N(C[C-]=Cc3coc4ocnc34)c3ccccc3)n2)c2[n-]c[n+](C)c21.[Cu+2]. The van der Waals surface area contributed by atoms with Crippen LogP contribution in [-0.2, 0) is 24.1 Å². The first-order valence-electron chi connectivity index (χ1n) is 10.9. The molecule has 1 atom stereocenters. The van der Waals surface area contributed by atoms with Gasteiger partial charge in [-0.1, -0.05) is 24.3 Å². The molecular formula is C26H22CuN6O2+2. The Morgan fingerprint density at radius 1 is 1.11 bits per heavy atom. The van der Waals surface area contributed by atoms with Crippen molar-refractivity contribution in [2.45, 2.75) is 5.92 Å². The molecule has 0 saturated heterocycles. The average Bonchev–Trinajstić information content (AvgIpc) is 3.63. The number of pyridine rings is 1. The van der Waals surface area contributed by atoms with Crippen molar-refractivity contribution >= 4 is 40.9 Å². The van der Waals surface area contributed by atoms with Crippen molar-refractivity contribution in [2.75, 3.05) is 18.5 Å². The van der Waals surface area contributed by atoms with Crippen LogP contribution >= 0.6 is 0 Å². The van der Waals surface area contributed by atoms with Crippen molar-refractivity contribution in [3.8, 4) is 0 Å². The molecule has 0 N–H and O–H groups in total. The van der Waals surface area contributed by atoms with Gasteiger partial charge in [0.2, 0.25) is 12.0 Å². The summed E-state index contributed by atoms with van der Waals surface area (Å²) >= 11 is 0. The van der Waals surface area contributed by atoms with E-state index in [9.17, 15) is 0 Å². The Bertz CT molecular complexity index is 1530. The summed E-state index contributed by atoms with van der Waals surface area (Å²) in [5.41, 5.74) is 4.50. The molecule has 0 amide bonds. The Hall–Kier alpha value is -3.94. The number of fused-ring (bicyclic) bond motifs is 2. The largest absolute Gasteiger partial charge is 2.00 e. The maximum atomic E-state index is 5.39. The zero-order chi connectivity index (χ0) is 23.1. The second-order valence-electron chi connectivity index (χ2n) is 8.17. The van der Waals surface area contributed by atoms with Gasteiger partial charge in [0, 0.05) is 12.0 Å². The third-order valence-corrected chi connectivity index (χ3v) is 5.96. The Labute approximate surface area is 212 Å². The van der Waals surface area contributed by atoms with Gasteiger partial charge in [-0.2, -0.15) is 0 Å². The van der Waals surface area contributed by atoms with E-state index in [1.165, 1.54) is 6.39 Å². The first-order chi connectivity index (χ1) is 16.7. The van der Waals surface area contributed by atoms with E-state index in [1.54, 1.807) is 6.26 Å². The molecule has 4 aromatic heterocycles. The first-order valence-corrected chi connectivity index (χ1v) is 10.9. The Morgan fingerprint density at radius 2 is 1.97 bits per heavy atom. The van der Waals surface area contributed by atoms with Gasteiger partial charge in [0.25, 0.3) is 11.6 Å². The fraction of sp³-hybridized carbons (Fsp3) is 0.154. The molecule has 0 saturated carbocycles. The van der Waals surface area contributed by atoms with Crippen LogP contribution in [0.3, 0.4) is 0 Å². The van der Waals surface area contributed by atoms with Crippen LogP contribution in [0.5, 0.6) is 0 Å². The van der Waals surface area contributed by atoms with E-state index in [0.717, 1.165) is 34.3 Å². The normalized spacial score (nSPS) is 14.8. The van der Waals surface area contributed by atoms with Crippen molar-refractivity contribution in [1.29, 1.82) is 0 Å². The van der Waals surface area contributed by atoms with Gasteiger partial charge in [-0.25, -0.2) is 20.6 Å². The van der Waals surface area contributed by atoms with Crippen LogP contribution in [0.25, 0.3) is 17.4 Å². The van der Waals surface area contributed by atoms with Crippen LogP contribution in [0.15, 0.2) is 76.3 Å². The molecule has 0 bridgehead atoms. The number of rotatable bonds is 6. The number of anilines is 2. The Balaban J connectivity index is 0.00000253. The zero-order valence-corrected chi connectivity index (χ0v) is 20.0. The van der Waals surface area contributed by atoms with Gasteiger partial charge < -0.3 is 13.7 Å². The fourth-order valence-corrected chi connectivity index (χ4v) is 4.38. The van der Waals surface area contributed by atoms with Crippen molar-refractivity contribution in [1.82, 2.24) is 15.0 Å². The number of hydrogen-bond acceptors (Lipinski definition) is 5. The van der Waals surface area contributed by atoms with Gasteiger partial charge in [0.15, 0.2) is 6.39 Å². The van der Waals surface area contributed by atoms with E-state index in [2.05, 4.69) is 49.9 Å². The number of furan rings is 1. The third-order valence-electron chi connectivity index (χ3n) is 5.96. The molecule has 177 valence electrons. The summed E-state index contributed by atoms with van der Waals surface area (Å²) in [5.74, 6) is 2.34. The maximum absolute atomic E-state index is 5.39. The van der Waals surface area contributed by atoms with Crippen LogP contribution in [0.2, 0.25) is 0 Å². The van der Waals surface area contributed by atoms with Gasteiger partial charge >= 0.3 is 17.1 Å². The molecule has 1 aromatic carbocycles. The molecule has 1 unspecified atom stereocenters. The molecule has 6 rings (SSSR count). The summed E-state index contributed by atoms with van der Waals surface area (Å²) in [6, 6.07) is 16.3. The van der Waals surface area contributed by atoms with Crippen LogP contribution in [-0.4, -0.2) is 34.4 Å². The van der Waals surface area contributed by atoms with E-state index in [1.807, 2.05) is 61.4 Å². The number of aryl methyl sites for hydroxylation is 1. The molecule has 35 heavy (non-hydrogen) atoms. The molecule has 1 radical (unpaired) electrons. The molecule has 1 aliphatic rings. The number of hydrogen-bond donors (Lipinski definition) is 0. The van der Waals surface area contributed by atoms with Crippen LogP contribution in [0.1, 0.15) is 22.9 Å². The number of nitrogens with zero attached hydrogens (tertiary/aromatic N) is 6. The summed E-state index contributed by atoms with van der Waals surface area (Å²) in [7, 11) is 4.05. The summed E-state index contributed by atoms with van der Waals surface area (Å²) in [5, 5.41) is 0. The van der Waals surface area contributed by atoms with Gasteiger partial charge in [0.1, 0.15) is 11.7 Å². The maximum Gasteiger partial charge on any atom is 2.00 e. The monoisotopic (exact) mass is 513 g/mol. The van der Waals surface area contributed by atoms with E-state index in [4.69, 9.17) is 13.8 Å². The standard InChI is InChI=1S/C26H22N6O2.Cu/c1-30-14-20(24-25(30)31(2)16-27-24)21-11-6-12-22(29-21)32(19-9-4-3-5-10-19)13-7-8-18-15-33-26-23(18)28-17-34-26;/h3-6,8-12,14-17,20H,13H2,1-2H3;/q;+2. The van der Waals surface area contributed by atoms with Crippen molar-refractivity contribution in [2.24, 2.45) is 7.05 Å². The van der Waals surface area contributed by atoms with Gasteiger partial charge in [-0.05, 0) is 30.8 Å². The van der Waals surface area contributed by atoms with Gasteiger partial charge in [-0.3, -0.25) is 10.7 Å². The Kier molecular flexibility index (Phi) is 6.11. The number of benzene rings is 1. The third kappa shape index (κ3) is 4.09. The molecule has 8 nitrogen and oxygen atoms in total. The van der Waals surface area contributed by atoms with Crippen molar-refractivity contribution in [3.63, 3.8) is 0 Å². The van der Waals surface area contributed by atoms with E-state index >= 15 is 0 Å². The second kappa shape index (κ2) is 9.37. The smallest absolute Gasteiger partial charge is 0.452 e. The predicted molar refractivity (Wildman–Crippen MR) is 126 cm³/mol. The molecule has 0 spiro atoms. The van der Waals surface area contributed by atoms with E-state index < -0.39 is 0 Å². The molecule has 9 heteroatoms. The molecular weight excluding hydrogens is 492 g/mol. The number of imidazole rings is 1. The van der Waals surface area contributed by atoms with Crippen molar-refractivity contribution in [3.05, 3.63) is 90.5 Å². The predicted octanol–water partition coefficient (Wildman–Crippen LogP) is 3.74. The van der Waals surface area contributed by atoms with E-state index in [0.29, 0.717) is 17.8 Å². The fourth-order valence-electron chi connectivity index (χ4n) is 4.38. The first kappa shape index (κ1) is 22.8. The summed E-state index contributed by atoms with van der Waals surface area (Å²) in [6.07, 6.45) is 12.2. The Morgan fingerprint density at radius 3 is 2.83 bits per heavy atom. The zero-order valence-electron chi connectivity index (χ0n) is 19.1. The van der Waals surface area contributed by atoms with Crippen LogP contribution in [0, 0.1) is 6.08 Å². The summed E-state index contributed by atoms with van der Waals surface area (Å²) < 4.78 is 14.7. The molecule has 5 heterocycles. The van der Waals surface area contributed by atoms with Gasteiger partial charge in [-0.15, -0.1) is 10.5 Å². The second-order valence-corrected chi connectivity index (χ2v) is 8.17. The minimum atomic E-state index is 0.